The molecule has 0 aliphatic carbocycles. The van der Waals surface area contributed by atoms with Crippen LogP contribution in [-0.2, 0) is 9.59 Å². The summed E-state index contributed by atoms with van der Waals surface area (Å²) in [5.74, 6) is -0.361. The van der Waals surface area contributed by atoms with Crippen LogP contribution in [0.2, 0.25) is 0 Å². The van der Waals surface area contributed by atoms with Crippen molar-refractivity contribution in [3.63, 3.8) is 0 Å². The molecular weight excluding hydrogens is 310 g/mol. The SMILES string of the molecule is C=CCNC(=O)C(=O)NN=Cc1ccc(OCCC)c(OCC)c1. The van der Waals surface area contributed by atoms with Gasteiger partial charge in [0, 0.05) is 6.54 Å². The molecule has 0 aliphatic heterocycles. The van der Waals surface area contributed by atoms with Gasteiger partial charge in [-0.25, -0.2) is 5.43 Å². The average Bonchev–Trinajstić information content (AvgIpc) is 2.59. The van der Waals surface area contributed by atoms with Crippen molar-refractivity contribution in [2.24, 2.45) is 5.10 Å². The predicted molar refractivity (Wildman–Crippen MR) is 92.3 cm³/mol. The second kappa shape index (κ2) is 10.8. The topological polar surface area (TPSA) is 89.0 Å². The number of nitrogens with zero attached hydrogens (tertiary/aromatic N) is 1. The van der Waals surface area contributed by atoms with Crippen molar-refractivity contribution in [3.05, 3.63) is 36.4 Å². The first-order chi connectivity index (χ1) is 11.6. The van der Waals surface area contributed by atoms with Gasteiger partial charge in [-0.1, -0.05) is 13.0 Å². The molecular formula is C17H23N3O4. The second-order valence-corrected chi connectivity index (χ2v) is 4.69. The van der Waals surface area contributed by atoms with Crippen molar-refractivity contribution >= 4 is 18.0 Å². The van der Waals surface area contributed by atoms with Crippen molar-refractivity contribution in [3.8, 4) is 11.5 Å². The van der Waals surface area contributed by atoms with Crippen LogP contribution in [0.25, 0.3) is 0 Å². The van der Waals surface area contributed by atoms with Crippen LogP contribution in [0.15, 0.2) is 36.0 Å². The lowest BCUT2D eigenvalue weighted by molar-refractivity contribution is -0.139. The lowest BCUT2D eigenvalue weighted by Gasteiger charge is -2.11. The molecule has 0 aromatic heterocycles. The number of carbonyl (C=O) groups is 2. The van der Waals surface area contributed by atoms with Crippen LogP contribution in [0.3, 0.4) is 0 Å². The third kappa shape index (κ3) is 6.51. The molecule has 0 heterocycles. The van der Waals surface area contributed by atoms with E-state index in [-0.39, 0.29) is 6.54 Å². The monoisotopic (exact) mass is 333 g/mol. The molecule has 1 rings (SSSR count). The largest absolute Gasteiger partial charge is 0.490 e. The third-order valence-electron chi connectivity index (χ3n) is 2.72. The van der Waals surface area contributed by atoms with E-state index in [1.165, 1.54) is 12.3 Å². The van der Waals surface area contributed by atoms with E-state index < -0.39 is 11.8 Å². The summed E-state index contributed by atoms with van der Waals surface area (Å²) in [5.41, 5.74) is 2.86. The molecule has 2 amide bonds. The van der Waals surface area contributed by atoms with Crippen molar-refractivity contribution in [2.75, 3.05) is 19.8 Å². The van der Waals surface area contributed by atoms with Gasteiger partial charge in [-0.3, -0.25) is 9.59 Å². The molecule has 7 nitrogen and oxygen atoms in total. The fourth-order valence-corrected chi connectivity index (χ4v) is 1.67. The predicted octanol–water partition coefficient (Wildman–Crippen LogP) is 1.63. The number of ether oxygens (including phenoxy) is 2. The molecule has 0 bridgehead atoms. The normalized spacial score (nSPS) is 10.2. The maximum absolute atomic E-state index is 11.5. The molecule has 0 aliphatic rings. The third-order valence-corrected chi connectivity index (χ3v) is 2.72. The maximum atomic E-state index is 11.5. The number of hydrogen-bond acceptors (Lipinski definition) is 5. The van der Waals surface area contributed by atoms with Crippen LogP contribution in [0, 0.1) is 0 Å². The summed E-state index contributed by atoms with van der Waals surface area (Å²) < 4.78 is 11.1. The van der Waals surface area contributed by atoms with E-state index >= 15 is 0 Å². The summed E-state index contributed by atoms with van der Waals surface area (Å²) in [6.45, 7) is 8.67. The molecule has 1 aromatic rings. The van der Waals surface area contributed by atoms with Crippen molar-refractivity contribution in [2.45, 2.75) is 20.3 Å². The molecule has 0 fully saturated rings. The molecule has 0 saturated carbocycles. The van der Waals surface area contributed by atoms with Crippen molar-refractivity contribution < 1.29 is 19.1 Å². The van der Waals surface area contributed by atoms with E-state index in [9.17, 15) is 9.59 Å². The number of nitrogens with one attached hydrogen (secondary N) is 2. The molecule has 7 heteroatoms. The zero-order chi connectivity index (χ0) is 17.8. The lowest BCUT2D eigenvalue weighted by Crippen LogP contribution is -2.37. The summed E-state index contributed by atoms with van der Waals surface area (Å²) >= 11 is 0. The van der Waals surface area contributed by atoms with Gasteiger partial charge in [-0.2, -0.15) is 5.10 Å². The standard InChI is InChI=1S/C17H23N3O4/c1-4-9-18-16(21)17(22)20-19-12-13-7-8-14(24-10-5-2)15(11-13)23-6-3/h4,7-8,11-12H,1,5-6,9-10H2,2-3H3,(H,18,21)(H,20,22). The molecule has 0 radical (unpaired) electrons. The minimum absolute atomic E-state index is 0.215. The van der Waals surface area contributed by atoms with Gasteiger partial charge < -0.3 is 14.8 Å². The molecule has 24 heavy (non-hydrogen) atoms. The first-order valence-electron chi connectivity index (χ1n) is 7.74. The summed E-state index contributed by atoms with van der Waals surface area (Å²) in [6.07, 6.45) is 3.80. The molecule has 0 unspecified atom stereocenters. The van der Waals surface area contributed by atoms with E-state index in [1.807, 2.05) is 13.8 Å². The molecule has 0 atom stereocenters. The minimum Gasteiger partial charge on any atom is -0.490 e. The van der Waals surface area contributed by atoms with Gasteiger partial charge in [-0.15, -0.1) is 6.58 Å². The van der Waals surface area contributed by atoms with Crippen LogP contribution >= 0.6 is 0 Å². The molecule has 0 saturated heterocycles. The smallest absolute Gasteiger partial charge is 0.329 e. The Hall–Kier alpha value is -2.83. The number of hydrogen-bond donors (Lipinski definition) is 2. The lowest BCUT2D eigenvalue weighted by atomic mass is 10.2. The first kappa shape index (κ1) is 19.2. The summed E-state index contributed by atoms with van der Waals surface area (Å²) in [7, 11) is 0. The minimum atomic E-state index is -0.846. The number of carbonyl (C=O) groups excluding carboxylic acids is 2. The van der Waals surface area contributed by atoms with Crippen molar-refractivity contribution in [1.82, 2.24) is 10.7 Å². The van der Waals surface area contributed by atoms with Gasteiger partial charge in [0.2, 0.25) is 0 Å². The van der Waals surface area contributed by atoms with Gasteiger partial charge in [0.05, 0.1) is 19.4 Å². The van der Waals surface area contributed by atoms with Gasteiger partial charge in [-0.05, 0) is 37.1 Å². The summed E-state index contributed by atoms with van der Waals surface area (Å²) in [5, 5.41) is 6.11. The van der Waals surface area contributed by atoms with E-state index in [4.69, 9.17) is 9.47 Å². The Balaban J connectivity index is 2.69. The quantitative estimate of drug-likeness (QED) is 0.311. The maximum Gasteiger partial charge on any atom is 0.329 e. The van der Waals surface area contributed by atoms with Gasteiger partial charge in [0.25, 0.3) is 0 Å². The highest BCUT2D eigenvalue weighted by atomic mass is 16.5. The highest BCUT2D eigenvalue weighted by molar-refractivity contribution is 6.35. The highest BCUT2D eigenvalue weighted by Crippen LogP contribution is 2.28. The molecule has 130 valence electrons. The molecule has 1 aromatic carbocycles. The van der Waals surface area contributed by atoms with Crippen LogP contribution in [0.5, 0.6) is 11.5 Å². The molecule has 0 spiro atoms. The van der Waals surface area contributed by atoms with E-state index in [0.717, 1.165) is 6.42 Å². The Kier molecular flexibility index (Phi) is 8.67. The van der Waals surface area contributed by atoms with Crippen LogP contribution in [0.4, 0.5) is 0 Å². The van der Waals surface area contributed by atoms with Crippen LogP contribution in [0.1, 0.15) is 25.8 Å². The van der Waals surface area contributed by atoms with Gasteiger partial charge in [0.15, 0.2) is 11.5 Å². The summed E-state index contributed by atoms with van der Waals surface area (Å²) in [4.78, 5) is 22.8. The van der Waals surface area contributed by atoms with Crippen molar-refractivity contribution in [1.29, 1.82) is 0 Å². The van der Waals surface area contributed by atoms with Crippen LogP contribution < -0.4 is 20.2 Å². The number of hydrazone groups is 1. The van der Waals surface area contributed by atoms with E-state index in [1.54, 1.807) is 18.2 Å². The number of benzene rings is 1. The Morgan fingerprint density at radius 2 is 2.00 bits per heavy atom. The Labute approximate surface area is 141 Å². The average molecular weight is 333 g/mol. The molecule has 2 N–H and O–H groups in total. The Morgan fingerprint density at radius 3 is 2.67 bits per heavy atom. The highest BCUT2D eigenvalue weighted by Gasteiger charge is 2.10. The first-order valence-corrected chi connectivity index (χ1v) is 7.74. The fourth-order valence-electron chi connectivity index (χ4n) is 1.67. The zero-order valence-corrected chi connectivity index (χ0v) is 14.0. The Morgan fingerprint density at radius 1 is 1.21 bits per heavy atom. The fraction of sp³-hybridized carbons (Fsp3) is 0.353. The summed E-state index contributed by atoms with van der Waals surface area (Å²) in [6, 6.07) is 5.31. The number of rotatable bonds is 9. The van der Waals surface area contributed by atoms with Gasteiger partial charge >= 0.3 is 11.8 Å². The Bertz CT molecular complexity index is 599. The van der Waals surface area contributed by atoms with Crippen LogP contribution in [-0.4, -0.2) is 37.8 Å². The van der Waals surface area contributed by atoms with Gasteiger partial charge in [0.1, 0.15) is 0 Å². The van der Waals surface area contributed by atoms with E-state index in [2.05, 4.69) is 22.4 Å². The van der Waals surface area contributed by atoms with E-state index in [0.29, 0.717) is 30.3 Å². The second-order valence-electron chi connectivity index (χ2n) is 4.69. The number of amides is 2. The zero-order valence-electron chi connectivity index (χ0n) is 14.0.